The molecule has 18 nitrogen and oxygen atoms in total. The number of benzene rings is 2. The zero-order chi connectivity index (χ0) is 54.3. The van der Waals surface area contributed by atoms with Gasteiger partial charge in [0.1, 0.15) is 11.6 Å². The van der Waals surface area contributed by atoms with Crippen LogP contribution in [0.5, 0.6) is 0 Å². The van der Waals surface area contributed by atoms with E-state index in [9.17, 15) is 28.8 Å². The van der Waals surface area contributed by atoms with Crippen molar-refractivity contribution < 1.29 is 52.3 Å². The fraction of sp³-hybridized carbons (Fsp3) is 0.596. The summed E-state index contributed by atoms with van der Waals surface area (Å²) in [7, 11) is 0. The number of fused-ring (bicyclic) bond motifs is 4. The Kier molecular flexibility index (Phi) is 24.1. The molecule has 6 heterocycles. The average Bonchev–Trinajstić information content (AvgIpc) is 4.38. The van der Waals surface area contributed by atoms with E-state index < -0.39 is 0 Å². The Morgan fingerprint density at radius 3 is 1.77 bits per heavy atom. The molecule has 3 aromatic rings. The molecule has 6 N–H and O–H groups in total. The zero-order valence-electron chi connectivity index (χ0n) is 44.8. The van der Waals surface area contributed by atoms with Gasteiger partial charge in [-0.3, -0.25) is 19.2 Å². The van der Waals surface area contributed by atoms with Gasteiger partial charge in [-0.2, -0.15) is 28.1 Å². The smallest absolute Gasteiger partial charge is 0.315 e. The fourth-order valence-electron chi connectivity index (χ4n) is 10.5. The minimum absolute atomic E-state index is 0.0254. The van der Waals surface area contributed by atoms with Crippen molar-refractivity contribution in [2.24, 2.45) is 0 Å². The number of Topliss-reactive ketones (excluding diaryl/α,β-unsaturated/α-hetero) is 2. The predicted octanol–water partition coefficient (Wildman–Crippen LogP) is 6.27. The first-order valence-electron chi connectivity index (χ1n) is 28.1. The monoisotopic (exact) mass is 1130 g/mol. The first kappa shape index (κ1) is 59.2. The number of amides is 6. The Hall–Kier alpha value is -4.90. The van der Waals surface area contributed by atoms with Crippen LogP contribution in [0.4, 0.5) is 15.3 Å². The number of nitrogens with zero attached hydrogens (tertiary/aromatic N) is 2. The first-order valence-corrected chi connectivity index (χ1v) is 31.0. The maximum absolute atomic E-state index is 13.1. The summed E-state index contributed by atoms with van der Waals surface area (Å²) in [6.45, 7) is 5.52. The van der Waals surface area contributed by atoms with E-state index in [1.165, 1.54) is 0 Å². The second kappa shape index (κ2) is 31.8. The number of hydrogen-bond acceptors (Lipinski definition) is 14. The van der Waals surface area contributed by atoms with Gasteiger partial charge >= 0.3 is 12.1 Å². The minimum atomic E-state index is -0.0704. The van der Waals surface area contributed by atoms with E-state index >= 15 is 0 Å². The highest BCUT2D eigenvalue weighted by Gasteiger charge is 2.43. The minimum Gasteiger partial charge on any atom is -0.379 e. The lowest BCUT2D eigenvalue weighted by Gasteiger charge is -2.20. The van der Waals surface area contributed by atoms with Crippen molar-refractivity contribution in [3.63, 3.8) is 0 Å². The summed E-state index contributed by atoms with van der Waals surface area (Å²) in [6.07, 6.45) is 13.8. The van der Waals surface area contributed by atoms with Gasteiger partial charge in [0.2, 0.25) is 17.3 Å². The molecule has 0 aliphatic carbocycles. The number of rotatable bonds is 37. The van der Waals surface area contributed by atoms with Gasteiger partial charge in [-0.05, 0) is 68.4 Å². The number of nitrogens with one attached hydrogen (secondary N) is 6. The topological polar surface area (TPSA) is 219 Å². The molecule has 424 valence electrons. The average molecular weight is 1130 g/mol. The van der Waals surface area contributed by atoms with Crippen molar-refractivity contribution in [1.82, 2.24) is 31.9 Å². The number of ether oxygens (including phenoxy) is 4. The highest BCUT2D eigenvalue weighted by atomic mass is 32.2. The van der Waals surface area contributed by atoms with Gasteiger partial charge in [-0.25, -0.2) is 9.59 Å². The Labute approximate surface area is 471 Å². The number of aromatic nitrogens is 1. The van der Waals surface area contributed by atoms with E-state index in [2.05, 4.69) is 84.0 Å². The number of para-hydroxylation sites is 2. The summed E-state index contributed by atoms with van der Waals surface area (Å²) in [5.41, 5.74) is 3.21. The van der Waals surface area contributed by atoms with Crippen molar-refractivity contribution >= 4 is 93.4 Å². The molecule has 6 unspecified atom stereocenters. The molecular formula is C57H79N8O10S3+. The fourth-order valence-corrected chi connectivity index (χ4v) is 14.7. The molecule has 21 heteroatoms. The number of aryl methyl sites for hydroxylation is 1. The number of ketones is 2. The van der Waals surface area contributed by atoms with Crippen molar-refractivity contribution in [2.45, 2.75) is 136 Å². The summed E-state index contributed by atoms with van der Waals surface area (Å²) < 4.78 is 24.9. The molecule has 78 heavy (non-hydrogen) atoms. The van der Waals surface area contributed by atoms with Gasteiger partial charge in [0, 0.05) is 104 Å². The lowest BCUT2D eigenvalue weighted by Crippen LogP contribution is -2.36. The maximum Gasteiger partial charge on any atom is 0.315 e. The quantitative estimate of drug-likeness (QED) is 0.0213. The molecule has 5 aliphatic heterocycles. The largest absolute Gasteiger partial charge is 0.379 e. The molecule has 0 radical (unpaired) electrons. The van der Waals surface area contributed by atoms with Crippen molar-refractivity contribution in [3.8, 4) is 0 Å². The molecule has 2 aromatic carbocycles. The Morgan fingerprint density at radius 1 is 0.603 bits per heavy atom. The van der Waals surface area contributed by atoms with Crippen molar-refractivity contribution in [3.05, 3.63) is 71.4 Å². The number of pyridine rings is 1. The van der Waals surface area contributed by atoms with E-state index in [4.69, 9.17) is 18.9 Å². The molecule has 4 fully saturated rings. The second-order valence-corrected chi connectivity index (χ2v) is 24.0. The van der Waals surface area contributed by atoms with Gasteiger partial charge in [0.05, 0.1) is 86.3 Å². The van der Waals surface area contributed by atoms with Crippen LogP contribution in [0, 0.1) is 0 Å². The molecule has 0 saturated carbocycles. The molecule has 8 rings (SSSR count). The van der Waals surface area contributed by atoms with Crippen molar-refractivity contribution in [2.75, 3.05) is 88.9 Å². The number of thioether (sulfide) groups is 3. The number of anilines is 1. The molecular weight excluding hydrogens is 1050 g/mol. The van der Waals surface area contributed by atoms with Crippen LogP contribution >= 0.6 is 35.3 Å². The van der Waals surface area contributed by atoms with Crippen LogP contribution in [-0.4, -0.2) is 154 Å². The summed E-state index contributed by atoms with van der Waals surface area (Å²) in [6, 6.07) is 19.4. The van der Waals surface area contributed by atoms with E-state index in [1.807, 2.05) is 47.8 Å². The normalized spacial score (nSPS) is 21.5. The van der Waals surface area contributed by atoms with Crippen LogP contribution < -0.4 is 41.4 Å². The van der Waals surface area contributed by atoms with Crippen LogP contribution in [0.2, 0.25) is 0 Å². The van der Waals surface area contributed by atoms with Gasteiger partial charge < -0.3 is 55.7 Å². The number of urea groups is 2. The standard InChI is InChI=1S/C57H78N8O10S3/c66-41(11-9-29-72-33-35-74-31-24-58-51(68)19-7-5-17-49-54-44(38-76-49)60-56(70)62-54)22-27-64-26-21-40(43-13-1-2-14-46(43)64)37-53-65(47-15-3-4-16-48(47)78-53)28-23-42(67)12-10-30-73-34-36-75-32-25-59-52(69)20-8-6-18-50-55-45(39-77-50)61-57(71)63-55/h1-4,13-16,21,26,37,44-45,49-50,54-55H,5-12,17-20,22-25,27-36,38-39H2,(H5-,58,59,60,61,62,63,68,69,70,71)/p+1. The van der Waals surface area contributed by atoms with E-state index in [1.54, 1.807) is 11.8 Å². The molecule has 6 amide bonds. The Balaban J connectivity index is 0.647. The first-order chi connectivity index (χ1) is 38.2. The summed E-state index contributed by atoms with van der Waals surface area (Å²) in [4.78, 5) is 77.2. The van der Waals surface area contributed by atoms with E-state index in [0.717, 1.165) is 82.1 Å². The highest BCUT2D eigenvalue weighted by molar-refractivity contribution is 8.04. The predicted molar refractivity (Wildman–Crippen MR) is 307 cm³/mol. The lowest BCUT2D eigenvalue weighted by molar-refractivity contribution is -0.670. The third-order valence-corrected chi connectivity index (χ3v) is 18.8. The van der Waals surface area contributed by atoms with E-state index in [0.29, 0.717) is 141 Å². The van der Waals surface area contributed by atoms with Gasteiger partial charge in [0.25, 0.3) is 0 Å². The van der Waals surface area contributed by atoms with Crippen LogP contribution in [-0.2, 0) is 44.7 Å². The molecule has 0 bridgehead atoms. The number of carbonyl (C=O) groups is 6. The van der Waals surface area contributed by atoms with Crippen LogP contribution in [0.1, 0.15) is 95.5 Å². The molecule has 4 saturated heterocycles. The number of hydrogen-bond donors (Lipinski definition) is 6. The van der Waals surface area contributed by atoms with Crippen LogP contribution in [0.15, 0.2) is 70.7 Å². The molecule has 6 atom stereocenters. The summed E-state index contributed by atoms with van der Waals surface area (Å²) in [5, 5.41) is 20.8. The maximum atomic E-state index is 13.1. The molecule has 5 aliphatic rings. The number of unbranched alkanes of at least 4 members (excludes halogenated alkanes) is 2. The van der Waals surface area contributed by atoms with E-state index in [-0.39, 0.29) is 59.6 Å². The molecule has 1 aromatic heterocycles. The summed E-state index contributed by atoms with van der Waals surface area (Å²) >= 11 is 5.50. The van der Waals surface area contributed by atoms with Crippen LogP contribution in [0.25, 0.3) is 17.0 Å². The summed E-state index contributed by atoms with van der Waals surface area (Å²) in [5.74, 6) is 2.32. The van der Waals surface area contributed by atoms with Gasteiger partial charge in [-0.15, -0.1) is 0 Å². The third kappa shape index (κ3) is 18.3. The second-order valence-electron chi connectivity index (χ2n) is 20.4. The lowest BCUT2D eigenvalue weighted by atomic mass is 10.0. The number of carbonyl (C=O) groups excluding carboxylic acids is 6. The zero-order valence-corrected chi connectivity index (χ0v) is 47.3. The highest BCUT2D eigenvalue weighted by Crippen LogP contribution is 2.47. The SMILES string of the molecule is O=C(CCCOCCOCCNC(=O)CCCCC1SCC2NC(=O)NC21)CCN1C(=Cc2cc[n+](CCC(=O)CCCOCCOCCNC(=O)CCCCC3SCC4NC(=O)NC43)c3ccccc23)Sc2ccccc21. The Bertz CT molecular complexity index is 2520. The molecule has 0 spiro atoms. The third-order valence-electron chi connectivity index (χ3n) is 14.7. The Morgan fingerprint density at radius 2 is 1.15 bits per heavy atom. The van der Waals surface area contributed by atoms with Gasteiger partial charge in [0.15, 0.2) is 12.7 Å². The van der Waals surface area contributed by atoms with Gasteiger partial charge in [-0.1, -0.05) is 48.9 Å². The van der Waals surface area contributed by atoms with Crippen LogP contribution in [0.3, 0.4) is 0 Å². The van der Waals surface area contributed by atoms with Crippen molar-refractivity contribution in [1.29, 1.82) is 0 Å².